The maximum Gasteiger partial charge on any atom is 0.350 e. The molecule has 0 spiro atoms. The smallest absolute Gasteiger partial charge is 0.350 e. The molecule has 0 aliphatic carbocycles. The monoisotopic (exact) mass is 576 g/mol. The van der Waals surface area contributed by atoms with Gasteiger partial charge >= 0.3 is 11.9 Å². The molecule has 5 rings (SSSR count). The number of fused-ring (bicyclic) bond motifs is 1. The molecule has 1 unspecified atom stereocenters. The van der Waals surface area contributed by atoms with Crippen molar-refractivity contribution in [3.8, 4) is 17.2 Å². The number of aliphatic hydroxyl groups is 1. The van der Waals surface area contributed by atoms with Gasteiger partial charge in [-0.1, -0.05) is 43.0 Å². The summed E-state index contributed by atoms with van der Waals surface area (Å²) in [6.45, 7) is 8.36. The third-order valence-electron chi connectivity index (χ3n) is 6.42. The second kappa shape index (κ2) is 11.8. The Bertz CT molecular complexity index is 1560. The fourth-order valence-corrected chi connectivity index (χ4v) is 5.55. The van der Waals surface area contributed by atoms with E-state index in [1.807, 2.05) is 6.92 Å². The molecule has 0 saturated carbocycles. The number of esters is 1. The van der Waals surface area contributed by atoms with Gasteiger partial charge in [0.05, 0.1) is 23.9 Å². The van der Waals surface area contributed by atoms with Crippen LogP contribution in [0.4, 0.5) is 5.13 Å². The maximum atomic E-state index is 13.6. The fourth-order valence-electron chi connectivity index (χ4n) is 4.56. The van der Waals surface area contributed by atoms with Crippen LogP contribution in [0.25, 0.3) is 5.76 Å². The number of rotatable bonds is 9. The number of carbonyl (C=O) groups excluding carboxylic acids is 3. The first-order valence-corrected chi connectivity index (χ1v) is 13.8. The number of hydrogen-bond acceptors (Lipinski definition) is 10. The van der Waals surface area contributed by atoms with Crippen LogP contribution < -0.4 is 19.1 Å². The molecule has 1 amide bonds. The summed E-state index contributed by atoms with van der Waals surface area (Å²) in [6.07, 6.45) is 2.23. The van der Waals surface area contributed by atoms with Crippen molar-refractivity contribution in [3.05, 3.63) is 82.4 Å². The highest BCUT2D eigenvalue weighted by molar-refractivity contribution is 7.17. The lowest BCUT2D eigenvalue weighted by molar-refractivity contribution is -0.132. The molecule has 3 heterocycles. The fraction of sp³-hybridized carbons (Fsp3) is 0.267. The molecule has 1 saturated heterocycles. The number of aromatic nitrogens is 1. The van der Waals surface area contributed by atoms with Crippen molar-refractivity contribution in [1.29, 1.82) is 0 Å². The number of anilines is 1. The van der Waals surface area contributed by atoms with Crippen molar-refractivity contribution >= 4 is 39.9 Å². The van der Waals surface area contributed by atoms with E-state index in [9.17, 15) is 19.5 Å². The second-order valence-electron chi connectivity index (χ2n) is 9.25. The largest absolute Gasteiger partial charge is 0.507 e. The lowest BCUT2D eigenvalue weighted by Crippen LogP contribution is -2.29. The van der Waals surface area contributed by atoms with E-state index in [4.69, 9.17) is 18.9 Å². The van der Waals surface area contributed by atoms with Crippen molar-refractivity contribution in [2.24, 2.45) is 0 Å². The summed E-state index contributed by atoms with van der Waals surface area (Å²) in [5.74, 6) is -1.32. The number of carbonyl (C=O) groups is 3. The Morgan fingerprint density at radius 1 is 1.20 bits per heavy atom. The van der Waals surface area contributed by atoms with Gasteiger partial charge in [-0.2, -0.15) is 0 Å². The van der Waals surface area contributed by atoms with Crippen molar-refractivity contribution in [1.82, 2.24) is 4.98 Å². The third kappa shape index (κ3) is 5.40. The summed E-state index contributed by atoms with van der Waals surface area (Å²) < 4.78 is 22.2. The molecule has 2 aromatic carbocycles. The number of nitrogens with zero attached hydrogens (tertiary/aromatic N) is 2. The van der Waals surface area contributed by atoms with Crippen LogP contribution in [0.5, 0.6) is 17.2 Å². The van der Waals surface area contributed by atoms with Crippen LogP contribution in [0.3, 0.4) is 0 Å². The number of aryl methyl sites for hydroxylation is 1. The lowest BCUT2D eigenvalue weighted by atomic mass is 9.95. The number of ether oxygens (including phenoxy) is 4. The van der Waals surface area contributed by atoms with Crippen LogP contribution in [0.1, 0.15) is 45.9 Å². The van der Waals surface area contributed by atoms with Crippen LogP contribution in [0.15, 0.2) is 60.7 Å². The third-order valence-corrected chi connectivity index (χ3v) is 7.55. The number of thiazole rings is 1. The molecule has 3 aromatic rings. The molecule has 0 bridgehead atoms. The minimum absolute atomic E-state index is 0.0100. The standard InChI is InChI=1S/C30H28N2O8S/c1-4-11-37-20-8-6-7-18(15-20)24-23(25(33)19-9-10-21-22(16-19)39-14-13-38-21)26(34)28(35)32(24)30-31-17(3)27(41-30)29(36)40-12-5-2/h5-10,15-16,24,33H,2,4,11-14H2,1,3H3/b25-23+. The van der Waals surface area contributed by atoms with Gasteiger partial charge in [0, 0.05) is 5.56 Å². The molecular weight excluding hydrogens is 548 g/mol. The quantitative estimate of drug-likeness (QED) is 0.123. The molecule has 1 aromatic heterocycles. The van der Waals surface area contributed by atoms with E-state index < -0.39 is 23.7 Å². The first-order chi connectivity index (χ1) is 19.8. The highest BCUT2D eigenvalue weighted by atomic mass is 32.1. The van der Waals surface area contributed by atoms with Gasteiger partial charge < -0.3 is 24.1 Å². The van der Waals surface area contributed by atoms with Crippen molar-refractivity contribution in [2.45, 2.75) is 26.3 Å². The molecule has 0 radical (unpaired) electrons. The topological polar surface area (TPSA) is 124 Å². The normalized spacial score (nSPS) is 17.4. The van der Waals surface area contributed by atoms with E-state index in [0.717, 1.165) is 17.8 Å². The van der Waals surface area contributed by atoms with Gasteiger partial charge in [-0.25, -0.2) is 9.78 Å². The Kier molecular flexibility index (Phi) is 8.06. The molecule has 11 heteroatoms. The zero-order chi connectivity index (χ0) is 29.1. The van der Waals surface area contributed by atoms with Gasteiger partial charge in [-0.3, -0.25) is 14.5 Å². The number of amides is 1. The average molecular weight is 577 g/mol. The summed E-state index contributed by atoms with van der Waals surface area (Å²) >= 11 is 0.927. The minimum Gasteiger partial charge on any atom is -0.507 e. The summed E-state index contributed by atoms with van der Waals surface area (Å²) in [4.78, 5) is 45.6. The molecule has 41 heavy (non-hydrogen) atoms. The summed E-state index contributed by atoms with van der Waals surface area (Å²) in [5.41, 5.74) is 0.995. The van der Waals surface area contributed by atoms with Gasteiger partial charge in [-0.05, 0) is 49.2 Å². The molecule has 212 valence electrons. The maximum absolute atomic E-state index is 13.6. The van der Waals surface area contributed by atoms with Gasteiger partial charge in [0.2, 0.25) is 0 Å². The van der Waals surface area contributed by atoms with E-state index >= 15 is 0 Å². The van der Waals surface area contributed by atoms with Crippen LogP contribution >= 0.6 is 11.3 Å². The minimum atomic E-state index is -1.06. The molecule has 1 fully saturated rings. The van der Waals surface area contributed by atoms with E-state index in [2.05, 4.69) is 11.6 Å². The Morgan fingerprint density at radius 3 is 2.73 bits per heavy atom. The van der Waals surface area contributed by atoms with E-state index in [-0.39, 0.29) is 33.5 Å². The number of ketones is 1. The first-order valence-electron chi connectivity index (χ1n) is 13.0. The molecule has 1 N–H and O–H groups in total. The predicted octanol–water partition coefficient (Wildman–Crippen LogP) is 4.98. The van der Waals surface area contributed by atoms with Crippen LogP contribution in [-0.2, 0) is 14.3 Å². The molecule has 2 aliphatic rings. The van der Waals surface area contributed by atoms with Gasteiger partial charge in [0.25, 0.3) is 5.78 Å². The average Bonchev–Trinajstić information content (AvgIpc) is 3.50. The van der Waals surface area contributed by atoms with Crippen molar-refractivity contribution < 1.29 is 38.4 Å². The van der Waals surface area contributed by atoms with Crippen LogP contribution in [-0.4, -0.2) is 54.2 Å². The zero-order valence-electron chi connectivity index (χ0n) is 22.5. The van der Waals surface area contributed by atoms with Crippen molar-refractivity contribution in [3.63, 3.8) is 0 Å². The first kappa shape index (κ1) is 27.9. The molecule has 2 aliphatic heterocycles. The van der Waals surface area contributed by atoms with E-state index in [0.29, 0.717) is 48.3 Å². The summed E-state index contributed by atoms with van der Waals surface area (Å²) in [5, 5.41) is 11.6. The summed E-state index contributed by atoms with van der Waals surface area (Å²) in [6, 6.07) is 10.7. The Hall–Kier alpha value is -4.64. The van der Waals surface area contributed by atoms with Gasteiger partial charge in [0.1, 0.15) is 36.2 Å². The predicted molar refractivity (Wildman–Crippen MR) is 152 cm³/mol. The van der Waals surface area contributed by atoms with E-state index in [1.54, 1.807) is 49.4 Å². The Labute approximate surface area is 240 Å². The lowest BCUT2D eigenvalue weighted by Gasteiger charge is -2.24. The van der Waals surface area contributed by atoms with E-state index in [1.165, 1.54) is 11.0 Å². The molecule has 10 nitrogen and oxygen atoms in total. The highest BCUT2D eigenvalue weighted by Crippen LogP contribution is 2.45. The number of Topliss-reactive ketones (excluding diaryl/α,β-unsaturated/α-hetero) is 1. The Balaban J connectivity index is 1.65. The van der Waals surface area contributed by atoms with Crippen LogP contribution in [0, 0.1) is 6.92 Å². The highest BCUT2D eigenvalue weighted by Gasteiger charge is 2.48. The zero-order valence-corrected chi connectivity index (χ0v) is 23.4. The number of hydrogen-bond donors (Lipinski definition) is 1. The van der Waals surface area contributed by atoms with Gasteiger partial charge in [0.15, 0.2) is 16.6 Å². The van der Waals surface area contributed by atoms with Gasteiger partial charge in [-0.15, -0.1) is 0 Å². The molecular formula is C30H28N2O8S. The summed E-state index contributed by atoms with van der Waals surface area (Å²) in [7, 11) is 0. The second-order valence-corrected chi connectivity index (χ2v) is 10.2. The molecule has 1 atom stereocenters. The SMILES string of the molecule is C=CCOC(=O)c1sc(N2C(=O)C(=O)/C(=C(/O)c3ccc4c(c3)OCCO4)C2c2cccc(OCCC)c2)nc1C. The van der Waals surface area contributed by atoms with Crippen molar-refractivity contribution in [2.75, 3.05) is 31.3 Å². The number of benzene rings is 2. The number of aliphatic hydroxyl groups excluding tert-OH is 1. The van der Waals surface area contributed by atoms with Crippen LogP contribution in [0.2, 0.25) is 0 Å². The Morgan fingerprint density at radius 2 is 1.98 bits per heavy atom.